The van der Waals surface area contributed by atoms with Gasteiger partial charge >= 0.3 is 11.9 Å². The van der Waals surface area contributed by atoms with E-state index in [0.717, 1.165) is 18.4 Å². The van der Waals surface area contributed by atoms with Gasteiger partial charge in [-0.2, -0.15) is 0 Å². The highest BCUT2D eigenvalue weighted by Crippen LogP contribution is 2.62. The number of carboxylic acid groups (broad SMARTS) is 1. The molecule has 2 aliphatic rings. The summed E-state index contributed by atoms with van der Waals surface area (Å²) in [7, 11) is 0. The highest BCUT2D eigenvalue weighted by atomic mass is 16.5. The van der Waals surface area contributed by atoms with E-state index in [2.05, 4.69) is 20.8 Å². The van der Waals surface area contributed by atoms with E-state index in [1.165, 1.54) is 13.0 Å². The van der Waals surface area contributed by atoms with Gasteiger partial charge in [0.05, 0.1) is 0 Å². The van der Waals surface area contributed by atoms with E-state index in [-0.39, 0.29) is 29.0 Å². The molecule has 0 aliphatic heterocycles. The lowest BCUT2D eigenvalue weighted by Gasteiger charge is -2.59. The fraction of sp³-hybridized carbons (Fsp3) is 0.682. The fourth-order valence-corrected chi connectivity index (χ4v) is 5.31. The monoisotopic (exact) mass is 376 g/mol. The predicted molar refractivity (Wildman–Crippen MR) is 103 cm³/mol. The van der Waals surface area contributed by atoms with Gasteiger partial charge in [-0.05, 0) is 50.0 Å². The molecule has 27 heavy (non-hydrogen) atoms. The van der Waals surface area contributed by atoms with Gasteiger partial charge in [-0.1, -0.05) is 31.9 Å². The number of aliphatic carboxylic acids is 1. The summed E-state index contributed by atoms with van der Waals surface area (Å²) < 4.78 is 5.78. The second kappa shape index (κ2) is 7.61. The predicted octanol–water partition coefficient (Wildman–Crippen LogP) is 4.32. The third-order valence-electron chi connectivity index (χ3n) is 7.24. The maximum absolute atomic E-state index is 12.4. The Balaban J connectivity index is 2.52. The Hall–Kier alpha value is -1.91. The van der Waals surface area contributed by atoms with Crippen molar-refractivity contribution in [3.63, 3.8) is 0 Å². The van der Waals surface area contributed by atoms with Crippen molar-refractivity contribution in [3.8, 4) is 0 Å². The number of ether oxygens (including phenoxy) is 1. The van der Waals surface area contributed by atoms with Crippen LogP contribution in [0.3, 0.4) is 0 Å². The Morgan fingerprint density at radius 1 is 1.37 bits per heavy atom. The van der Waals surface area contributed by atoms with E-state index in [0.29, 0.717) is 18.4 Å². The van der Waals surface area contributed by atoms with E-state index in [4.69, 9.17) is 9.84 Å². The molecule has 0 spiro atoms. The van der Waals surface area contributed by atoms with Crippen LogP contribution in [0.1, 0.15) is 67.2 Å². The number of ketones is 1. The Labute approximate surface area is 161 Å². The number of carbonyl (C=O) groups is 3. The molecule has 0 amide bonds. The third kappa shape index (κ3) is 4.02. The van der Waals surface area contributed by atoms with Crippen LogP contribution in [-0.4, -0.2) is 28.9 Å². The highest BCUT2D eigenvalue weighted by molar-refractivity contribution is 5.92. The molecule has 0 bridgehead atoms. The Morgan fingerprint density at radius 3 is 2.56 bits per heavy atom. The molecule has 0 saturated heterocycles. The molecule has 2 rings (SSSR count). The second-order valence-corrected chi connectivity index (χ2v) is 8.90. The summed E-state index contributed by atoms with van der Waals surface area (Å²) in [6.45, 7) is 11.6. The van der Waals surface area contributed by atoms with E-state index in [1.54, 1.807) is 13.0 Å². The highest BCUT2D eigenvalue weighted by Gasteiger charge is 2.58. The molecule has 2 aliphatic carbocycles. The summed E-state index contributed by atoms with van der Waals surface area (Å²) in [4.78, 5) is 35.3. The third-order valence-corrected chi connectivity index (χ3v) is 7.24. The molecule has 1 N–H and O–H groups in total. The smallest absolute Gasteiger partial charge is 0.328 e. The van der Waals surface area contributed by atoms with Crippen LogP contribution < -0.4 is 0 Å². The molecule has 1 fully saturated rings. The molecule has 0 heterocycles. The summed E-state index contributed by atoms with van der Waals surface area (Å²) in [5.74, 6) is -0.968. The lowest BCUT2D eigenvalue weighted by Crippen LogP contribution is -2.57. The molecular weight excluding hydrogens is 344 g/mol. The maximum atomic E-state index is 12.4. The van der Waals surface area contributed by atoms with Crippen molar-refractivity contribution in [1.82, 2.24) is 0 Å². The number of hydrogen-bond donors (Lipinski definition) is 1. The summed E-state index contributed by atoms with van der Waals surface area (Å²) in [5.41, 5.74) is 1.22. The van der Waals surface area contributed by atoms with Crippen molar-refractivity contribution in [2.45, 2.75) is 73.3 Å². The van der Waals surface area contributed by atoms with Crippen LogP contribution >= 0.6 is 0 Å². The number of allylic oxidation sites excluding steroid dienone is 2. The molecule has 0 radical (unpaired) electrons. The number of fused-ring (bicyclic) bond motifs is 1. The van der Waals surface area contributed by atoms with Crippen LogP contribution in [0.25, 0.3) is 0 Å². The van der Waals surface area contributed by atoms with Crippen LogP contribution in [0.5, 0.6) is 0 Å². The van der Waals surface area contributed by atoms with E-state index in [1.807, 2.05) is 6.92 Å². The molecule has 5 nitrogen and oxygen atoms in total. The van der Waals surface area contributed by atoms with Crippen molar-refractivity contribution < 1.29 is 24.2 Å². The summed E-state index contributed by atoms with van der Waals surface area (Å²) in [5, 5.41) is 9.07. The van der Waals surface area contributed by atoms with Gasteiger partial charge in [-0.15, -0.1) is 0 Å². The Morgan fingerprint density at radius 2 is 2.00 bits per heavy atom. The van der Waals surface area contributed by atoms with Gasteiger partial charge in [-0.3, -0.25) is 9.59 Å². The molecular formula is C22H32O5. The van der Waals surface area contributed by atoms with Crippen LogP contribution in [0.4, 0.5) is 0 Å². The second-order valence-electron chi connectivity index (χ2n) is 8.90. The molecule has 0 unspecified atom stereocenters. The largest absolute Gasteiger partial charge is 0.478 e. The van der Waals surface area contributed by atoms with Crippen molar-refractivity contribution in [2.75, 3.05) is 0 Å². The van der Waals surface area contributed by atoms with E-state index < -0.39 is 17.5 Å². The zero-order valence-corrected chi connectivity index (χ0v) is 17.3. The first-order valence-corrected chi connectivity index (χ1v) is 9.70. The minimum atomic E-state index is -1.01. The number of carbonyl (C=O) groups excluding carboxylic acids is 2. The molecule has 0 aromatic heterocycles. The maximum Gasteiger partial charge on any atom is 0.328 e. The van der Waals surface area contributed by atoms with Gasteiger partial charge < -0.3 is 9.84 Å². The molecule has 0 aromatic rings. The van der Waals surface area contributed by atoms with Gasteiger partial charge in [0, 0.05) is 31.3 Å². The van der Waals surface area contributed by atoms with Crippen molar-refractivity contribution in [2.24, 2.45) is 22.7 Å². The summed E-state index contributed by atoms with van der Waals surface area (Å²) in [6, 6.07) is 0. The average Bonchev–Trinajstić information content (AvgIpc) is 2.52. The van der Waals surface area contributed by atoms with Gasteiger partial charge in [-0.25, -0.2) is 4.79 Å². The van der Waals surface area contributed by atoms with Crippen LogP contribution in [-0.2, 0) is 19.1 Å². The lowest BCUT2D eigenvalue weighted by atomic mass is 9.46. The Bertz CT molecular complexity index is 703. The first kappa shape index (κ1) is 21.4. The van der Waals surface area contributed by atoms with Crippen molar-refractivity contribution >= 4 is 17.7 Å². The summed E-state index contributed by atoms with van der Waals surface area (Å²) >= 11 is 0. The first-order valence-electron chi connectivity index (χ1n) is 9.70. The topological polar surface area (TPSA) is 80.7 Å². The SMILES string of the molecule is CC(=O)O[C@H](C/C(C)=C/C(=O)O)[C@@]1(C)[C@H](C)CC[C@@]2(C)C(C)=CC(=O)C[C@@H]12. The Kier molecular flexibility index (Phi) is 6.03. The number of carboxylic acids is 1. The molecule has 1 saturated carbocycles. The van der Waals surface area contributed by atoms with Crippen LogP contribution in [0.2, 0.25) is 0 Å². The minimum absolute atomic E-state index is 0.0493. The molecule has 5 atom stereocenters. The van der Waals surface area contributed by atoms with Gasteiger partial charge in [0.15, 0.2) is 5.78 Å². The fourth-order valence-electron chi connectivity index (χ4n) is 5.31. The van der Waals surface area contributed by atoms with E-state index >= 15 is 0 Å². The lowest BCUT2D eigenvalue weighted by molar-refractivity contribution is -0.172. The van der Waals surface area contributed by atoms with Gasteiger partial charge in [0.1, 0.15) is 6.10 Å². The van der Waals surface area contributed by atoms with Crippen molar-refractivity contribution in [3.05, 3.63) is 23.3 Å². The number of rotatable bonds is 5. The number of hydrogen-bond acceptors (Lipinski definition) is 4. The quantitative estimate of drug-likeness (QED) is 0.571. The van der Waals surface area contributed by atoms with Gasteiger partial charge in [0.2, 0.25) is 0 Å². The van der Waals surface area contributed by atoms with Gasteiger partial charge in [0.25, 0.3) is 0 Å². The van der Waals surface area contributed by atoms with Crippen LogP contribution in [0.15, 0.2) is 23.3 Å². The normalized spacial score (nSPS) is 35.1. The molecule has 5 heteroatoms. The zero-order valence-electron chi connectivity index (χ0n) is 17.3. The molecule has 150 valence electrons. The van der Waals surface area contributed by atoms with Crippen molar-refractivity contribution in [1.29, 1.82) is 0 Å². The summed E-state index contributed by atoms with van der Waals surface area (Å²) in [6.07, 6.45) is 5.24. The average molecular weight is 376 g/mol. The zero-order chi connectivity index (χ0) is 20.6. The minimum Gasteiger partial charge on any atom is -0.478 e. The van der Waals surface area contributed by atoms with E-state index in [9.17, 15) is 14.4 Å². The molecule has 0 aromatic carbocycles. The first-order chi connectivity index (χ1) is 12.4. The standard InChI is InChI=1S/C22H32O5/c1-13(10-20(25)26)9-19(27-16(4)23)22(6)14(2)7-8-21(5)15(3)11-17(24)12-18(21)22/h10-11,14,18-19H,7-9,12H2,1-6H3,(H,25,26)/b13-10+/t14-,18-,19-,21+,22+/m1/s1. The van der Waals surface area contributed by atoms with Crippen LogP contribution in [0, 0.1) is 22.7 Å². The number of esters is 1.